The second-order valence-corrected chi connectivity index (χ2v) is 6.02. The van der Waals surface area contributed by atoms with Gasteiger partial charge in [-0.2, -0.15) is 0 Å². The molecule has 1 amide bonds. The molecular weight excluding hydrogens is 280 g/mol. The van der Waals surface area contributed by atoms with Crippen molar-refractivity contribution in [2.75, 3.05) is 32.8 Å². The Kier molecular flexibility index (Phi) is 5.34. The van der Waals surface area contributed by atoms with Gasteiger partial charge in [-0.1, -0.05) is 0 Å². The Morgan fingerprint density at radius 3 is 3.00 bits per heavy atom. The summed E-state index contributed by atoms with van der Waals surface area (Å²) in [6, 6.07) is 0.165. The maximum Gasteiger partial charge on any atom is 0.226 e. The van der Waals surface area contributed by atoms with Crippen molar-refractivity contribution in [3.05, 3.63) is 24.3 Å². The molecule has 0 bridgehead atoms. The minimum absolute atomic E-state index is 0.165. The van der Waals surface area contributed by atoms with Crippen molar-refractivity contribution in [1.29, 1.82) is 0 Å². The lowest BCUT2D eigenvalue weighted by Gasteiger charge is -2.38. The highest BCUT2D eigenvalue weighted by molar-refractivity contribution is 5.79. The lowest BCUT2D eigenvalue weighted by molar-refractivity contribution is -0.145. The molecule has 0 spiro atoms. The molecule has 2 fully saturated rings. The summed E-state index contributed by atoms with van der Waals surface area (Å²) in [5.74, 6) is 0.493. The highest BCUT2D eigenvalue weighted by atomic mass is 16.5. The van der Waals surface area contributed by atoms with Crippen LogP contribution in [0.2, 0.25) is 0 Å². The molecular formula is C16H24N4O2. The van der Waals surface area contributed by atoms with Gasteiger partial charge in [0, 0.05) is 31.1 Å². The van der Waals surface area contributed by atoms with Crippen molar-refractivity contribution in [2.45, 2.75) is 31.7 Å². The molecule has 3 rings (SSSR count). The van der Waals surface area contributed by atoms with Gasteiger partial charge >= 0.3 is 0 Å². The predicted molar refractivity (Wildman–Crippen MR) is 82.3 cm³/mol. The first-order valence-electron chi connectivity index (χ1n) is 8.18. The summed E-state index contributed by atoms with van der Waals surface area (Å²) < 4.78 is 5.60. The van der Waals surface area contributed by atoms with Crippen LogP contribution in [-0.2, 0) is 16.0 Å². The van der Waals surface area contributed by atoms with Gasteiger partial charge in [0.05, 0.1) is 24.9 Å². The fraction of sp³-hybridized carbons (Fsp3) is 0.688. The molecule has 1 atom stereocenters. The second-order valence-electron chi connectivity index (χ2n) is 6.02. The summed E-state index contributed by atoms with van der Waals surface area (Å²) in [6.07, 6.45) is 8.81. The van der Waals surface area contributed by atoms with Crippen LogP contribution in [0.3, 0.4) is 0 Å². The topological polar surface area (TPSA) is 67.4 Å². The lowest BCUT2D eigenvalue weighted by atomic mass is 9.95. The van der Waals surface area contributed by atoms with Crippen molar-refractivity contribution in [1.82, 2.24) is 20.2 Å². The molecule has 1 aromatic heterocycles. The Bertz CT molecular complexity index is 476. The number of aryl methyl sites for hydroxylation is 1. The molecule has 2 aliphatic rings. The molecule has 2 aliphatic heterocycles. The van der Waals surface area contributed by atoms with Gasteiger partial charge in [0.25, 0.3) is 0 Å². The number of aromatic nitrogens is 2. The van der Waals surface area contributed by atoms with E-state index in [0.717, 1.165) is 44.5 Å². The third kappa shape index (κ3) is 3.81. The van der Waals surface area contributed by atoms with Gasteiger partial charge in [-0.15, -0.1) is 0 Å². The molecule has 22 heavy (non-hydrogen) atoms. The molecule has 1 N–H and O–H groups in total. The van der Waals surface area contributed by atoms with Gasteiger partial charge in [0.1, 0.15) is 0 Å². The number of amides is 1. The van der Waals surface area contributed by atoms with E-state index in [4.69, 9.17) is 4.74 Å². The Morgan fingerprint density at radius 1 is 1.36 bits per heavy atom. The number of carbonyl (C=O) groups excluding carboxylic acids is 1. The molecule has 6 heteroatoms. The number of morpholine rings is 1. The van der Waals surface area contributed by atoms with Crippen LogP contribution in [0, 0.1) is 5.92 Å². The Hall–Kier alpha value is -1.53. The van der Waals surface area contributed by atoms with Gasteiger partial charge in [0.15, 0.2) is 0 Å². The van der Waals surface area contributed by atoms with Crippen LogP contribution in [0.25, 0.3) is 0 Å². The number of nitrogens with zero attached hydrogens (tertiary/aromatic N) is 3. The first-order chi connectivity index (χ1) is 10.8. The molecule has 0 unspecified atom stereocenters. The Morgan fingerprint density at radius 2 is 2.23 bits per heavy atom. The fourth-order valence-electron chi connectivity index (χ4n) is 3.26. The second kappa shape index (κ2) is 7.65. The van der Waals surface area contributed by atoms with Gasteiger partial charge in [-0.05, 0) is 38.8 Å². The maximum absolute atomic E-state index is 12.8. The zero-order valence-corrected chi connectivity index (χ0v) is 12.9. The monoisotopic (exact) mass is 304 g/mol. The molecule has 1 aromatic rings. The van der Waals surface area contributed by atoms with E-state index in [1.165, 1.54) is 0 Å². The molecule has 6 nitrogen and oxygen atoms in total. The van der Waals surface area contributed by atoms with E-state index in [1.54, 1.807) is 18.6 Å². The van der Waals surface area contributed by atoms with E-state index in [-0.39, 0.29) is 12.0 Å². The van der Waals surface area contributed by atoms with Crippen molar-refractivity contribution in [3.8, 4) is 0 Å². The van der Waals surface area contributed by atoms with Crippen molar-refractivity contribution < 1.29 is 9.53 Å². The largest absolute Gasteiger partial charge is 0.377 e. The molecule has 0 saturated carbocycles. The van der Waals surface area contributed by atoms with E-state index in [1.807, 2.05) is 0 Å². The van der Waals surface area contributed by atoms with E-state index in [0.29, 0.717) is 25.7 Å². The number of ether oxygens (including phenoxy) is 1. The van der Waals surface area contributed by atoms with Crippen LogP contribution in [-0.4, -0.2) is 59.7 Å². The standard InChI is InChI=1S/C16H24N4O2/c21-16(13-3-5-17-6-4-13)20-9-10-22-12-15(20)2-1-14-11-18-7-8-19-14/h7-8,11,13,15,17H,1-6,9-10,12H2/t15-/m0/s1. The molecule has 2 saturated heterocycles. The van der Waals surface area contributed by atoms with Crippen LogP contribution in [0.15, 0.2) is 18.6 Å². The Labute approximate surface area is 131 Å². The van der Waals surface area contributed by atoms with E-state index in [9.17, 15) is 4.79 Å². The van der Waals surface area contributed by atoms with Crippen molar-refractivity contribution in [3.63, 3.8) is 0 Å². The number of hydrogen-bond donors (Lipinski definition) is 1. The molecule has 0 radical (unpaired) electrons. The van der Waals surface area contributed by atoms with Crippen LogP contribution in [0.1, 0.15) is 25.0 Å². The Balaban J connectivity index is 1.59. The normalized spacial score (nSPS) is 23.5. The van der Waals surface area contributed by atoms with Gasteiger partial charge < -0.3 is 15.0 Å². The van der Waals surface area contributed by atoms with Crippen LogP contribution >= 0.6 is 0 Å². The maximum atomic E-state index is 12.8. The third-order valence-corrected chi connectivity index (χ3v) is 4.55. The smallest absolute Gasteiger partial charge is 0.226 e. The molecule has 3 heterocycles. The van der Waals surface area contributed by atoms with Crippen LogP contribution < -0.4 is 5.32 Å². The van der Waals surface area contributed by atoms with Gasteiger partial charge in [0.2, 0.25) is 5.91 Å². The van der Waals surface area contributed by atoms with E-state index < -0.39 is 0 Å². The summed E-state index contributed by atoms with van der Waals surface area (Å²) in [5, 5.41) is 3.32. The quantitative estimate of drug-likeness (QED) is 0.884. The highest BCUT2D eigenvalue weighted by Gasteiger charge is 2.32. The number of hydrogen-bond acceptors (Lipinski definition) is 5. The minimum atomic E-state index is 0.165. The van der Waals surface area contributed by atoms with Crippen molar-refractivity contribution in [2.24, 2.45) is 5.92 Å². The summed E-state index contributed by atoms with van der Waals surface area (Å²) in [6.45, 7) is 3.90. The molecule has 0 aliphatic carbocycles. The zero-order chi connectivity index (χ0) is 15.2. The van der Waals surface area contributed by atoms with E-state index in [2.05, 4.69) is 20.2 Å². The molecule has 0 aromatic carbocycles. The van der Waals surface area contributed by atoms with Crippen LogP contribution in [0.5, 0.6) is 0 Å². The lowest BCUT2D eigenvalue weighted by Crippen LogP contribution is -2.52. The SMILES string of the molecule is O=C(C1CCNCC1)N1CCOC[C@@H]1CCc1cnccn1. The summed E-state index contributed by atoms with van der Waals surface area (Å²) in [7, 11) is 0. The average Bonchev–Trinajstić information content (AvgIpc) is 2.61. The fourth-order valence-corrected chi connectivity index (χ4v) is 3.26. The van der Waals surface area contributed by atoms with Gasteiger partial charge in [-0.3, -0.25) is 14.8 Å². The third-order valence-electron chi connectivity index (χ3n) is 4.55. The number of rotatable bonds is 4. The van der Waals surface area contributed by atoms with Crippen LogP contribution in [0.4, 0.5) is 0 Å². The minimum Gasteiger partial charge on any atom is -0.377 e. The highest BCUT2D eigenvalue weighted by Crippen LogP contribution is 2.20. The number of carbonyl (C=O) groups is 1. The zero-order valence-electron chi connectivity index (χ0n) is 12.9. The van der Waals surface area contributed by atoms with Crippen molar-refractivity contribution >= 4 is 5.91 Å². The first-order valence-corrected chi connectivity index (χ1v) is 8.18. The summed E-state index contributed by atoms with van der Waals surface area (Å²) >= 11 is 0. The molecule has 120 valence electrons. The number of nitrogens with one attached hydrogen (secondary N) is 1. The summed E-state index contributed by atoms with van der Waals surface area (Å²) in [5.41, 5.74) is 0.974. The predicted octanol–water partition coefficient (Wildman–Crippen LogP) is 0.636. The first kappa shape index (κ1) is 15.4. The summed E-state index contributed by atoms with van der Waals surface area (Å²) in [4.78, 5) is 23.2. The average molecular weight is 304 g/mol. The van der Waals surface area contributed by atoms with E-state index >= 15 is 0 Å². The van der Waals surface area contributed by atoms with Gasteiger partial charge in [-0.25, -0.2) is 0 Å². The number of piperidine rings is 1.